The van der Waals surface area contributed by atoms with Gasteiger partial charge in [0, 0.05) is 51.2 Å². The van der Waals surface area contributed by atoms with E-state index in [0.29, 0.717) is 0 Å². The van der Waals surface area contributed by atoms with Crippen LogP contribution in [0.1, 0.15) is 0 Å². The molecule has 10 aromatic rings. The van der Waals surface area contributed by atoms with Crippen molar-refractivity contribution in [2.45, 2.75) is 0 Å². The van der Waals surface area contributed by atoms with Gasteiger partial charge in [0.15, 0.2) is 0 Å². The molecule has 0 bridgehead atoms. The van der Waals surface area contributed by atoms with Crippen LogP contribution in [0, 0.1) is 0 Å². The minimum Gasteiger partial charge on any atom is -0.311 e. The second-order valence-electron chi connectivity index (χ2n) is 15.4. The third-order valence-electron chi connectivity index (χ3n) is 11.5. The quantitative estimate of drug-likeness (QED) is 0.122. The Labute approximate surface area is 370 Å². The molecule has 300 valence electrons. The normalized spacial score (nSPS) is 10.9. The van der Waals surface area contributed by atoms with Gasteiger partial charge in [0.05, 0.1) is 0 Å². The molecule has 0 spiro atoms. The molecule has 0 radical (unpaired) electrons. The molecule has 3 heteroatoms. The van der Waals surface area contributed by atoms with Crippen molar-refractivity contribution in [2.75, 3.05) is 14.7 Å². The summed E-state index contributed by atoms with van der Waals surface area (Å²) in [5.74, 6) is 0. The van der Waals surface area contributed by atoms with E-state index in [9.17, 15) is 0 Å². The van der Waals surface area contributed by atoms with E-state index in [2.05, 4.69) is 288 Å². The second kappa shape index (κ2) is 18.1. The first-order valence-corrected chi connectivity index (χ1v) is 21.4. The van der Waals surface area contributed by atoms with Gasteiger partial charge >= 0.3 is 0 Å². The molecule has 3 nitrogen and oxygen atoms in total. The van der Waals surface area contributed by atoms with Crippen LogP contribution in [0.4, 0.5) is 51.2 Å². The highest BCUT2D eigenvalue weighted by Gasteiger charge is 2.18. The van der Waals surface area contributed by atoms with Crippen LogP contribution in [0.3, 0.4) is 0 Å². The van der Waals surface area contributed by atoms with E-state index in [4.69, 9.17) is 0 Å². The lowest BCUT2D eigenvalue weighted by Gasteiger charge is -2.28. The molecule has 10 rings (SSSR count). The maximum absolute atomic E-state index is 2.33. The Morgan fingerprint density at radius 2 is 0.270 bits per heavy atom. The summed E-state index contributed by atoms with van der Waals surface area (Å²) in [6.07, 6.45) is 0. The summed E-state index contributed by atoms with van der Waals surface area (Å²) in [5, 5.41) is 0. The van der Waals surface area contributed by atoms with Crippen molar-refractivity contribution in [1.29, 1.82) is 0 Å². The van der Waals surface area contributed by atoms with Crippen molar-refractivity contribution in [3.05, 3.63) is 273 Å². The van der Waals surface area contributed by atoms with Gasteiger partial charge in [0.25, 0.3) is 0 Å². The highest BCUT2D eigenvalue weighted by atomic mass is 15.2. The first kappa shape index (κ1) is 38.8. The van der Waals surface area contributed by atoms with Crippen molar-refractivity contribution in [3.63, 3.8) is 0 Å². The minimum atomic E-state index is 1.07. The minimum absolute atomic E-state index is 1.07. The number of nitrogens with zero attached hydrogens (tertiary/aromatic N) is 3. The zero-order chi connectivity index (χ0) is 42.2. The Bertz CT molecular complexity index is 2850. The molecule has 0 saturated carbocycles. The molecular formula is C60H45N3. The highest BCUT2D eigenvalue weighted by molar-refractivity contribution is 5.84. The molecule has 0 saturated heterocycles. The van der Waals surface area contributed by atoms with E-state index in [1.807, 2.05) is 0 Å². The third kappa shape index (κ3) is 8.50. The van der Waals surface area contributed by atoms with Crippen molar-refractivity contribution in [3.8, 4) is 33.4 Å². The molecule has 63 heavy (non-hydrogen) atoms. The van der Waals surface area contributed by atoms with Crippen molar-refractivity contribution < 1.29 is 0 Å². The smallest absolute Gasteiger partial charge is 0.0463 e. The van der Waals surface area contributed by atoms with Crippen LogP contribution in [-0.2, 0) is 0 Å². The number of anilines is 9. The molecule has 0 heterocycles. The van der Waals surface area contributed by atoms with Crippen LogP contribution in [-0.4, -0.2) is 0 Å². The second-order valence-corrected chi connectivity index (χ2v) is 15.4. The van der Waals surface area contributed by atoms with E-state index in [1.165, 1.54) is 22.3 Å². The Morgan fingerprint density at radius 3 is 0.476 bits per heavy atom. The van der Waals surface area contributed by atoms with E-state index >= 15 is 0 Å². The number of rotatable bonds is 12. The van der Waals surface area contributed by atoms with E-state index in [-0.39, 0.29) is 0 Å². The summed E-state index contributed by atoms with van der Waals surface area (Å²) in [7, 11) is 0. The lowest BCUT2D eigenvalue weighted by Crippen LogP contribution is -2.12. The Hall–Kier alpha value is -8.40. The van der Waals surface area contributed by atoms with Gasteiger partial charge in [-0.25, -0.2) is 0 Å². The molecule has 0 fully saturated rings. The van der Waals surface area contributed by atoms with Crippen LogP contribution in [0.15, 0.2) is 273 Å². The van der Waals surface area contributed by atoms with Gasteiger partial charge in [-0.1, -0.05) is 164 Å². The lowest BCUT2D eigenvalue weighted by atomic mass is 10.0. The van der Waals surface area contributed by atoms with E-state index in [1.54, 1.807) is 0 Å². The molecule has 10 aromatic carbocycles. The highest BCUT2D eigenvalue weighted by Crippen LogP contribution is 2.41. The molecule has 0 unspecified atom stereocenters. The van der Waals surface area contributed by atoms with Crippen LogP contribution in [0.5, 0.6) is 0 Å². The fourth-order valence-electron chi connectivity index (χ4n) is 8.30. The zero-order valence-electron chi connectivity index (χ0n) is 34.8. The first-order chi connectivity index (χ1) is 31.2. The van der Waals surface area contributed by atoms with Crippen molar-refractivity contribution in [1.82, 2.24) is 0 Å². The van der Waals surface area contributed by atoms with Crippen LogP contribution < -0.4 is 14.7 Å². The van der Waals surface area contributed by atoms with Gasteiger partial charge in [-0.05, 0) is 143 Å². The Kier molecular flexibility index (Phi) is 11.1. The summed E-state index contributed by atoms with van der Waals surface area (Å²) < 4.78 is 0. The summed E-state index contributed by atoms with van der Waals surface area (Å²) >= 11 is 0. The van der Waals surface area contributed by atoms with Gasteiger partial charge in [-0.2, -0.15) is 0 Å². The SMILES string of the molecule is c1ccc(-c2ccc(N(c3ccc(-c4ccccc4)cc3)c3ccc(N(c4ccccc4)c4ccc(-c5ccc(N(c6ccccc6)c6ccccc6)cc5)cc4)cc3)cc2)cc1. The molecular weight excluding hydrogens is 763 g/mol. The molecule has 0 aromatic heterocycles. The molecule has 0 aliphatic heterocycles. The molecule has 0 amide bonds. The monoisotopic (exact) mass is 807 g/mol. The first-order valence-electron chi connectivity index (χ1n) is 21.4. The van der Waals surface area contributed by atoms with Gasteiger partial charge in [-0.15, -0.1) is 0 Å². The van der Waals surface area contributed by atoms with E-state index in [0.717, 1.165) is 62.3 Å². The topological polar surface area (TPSA) is 9.72 Å². The van der Waals surface area contributed by atoms with Crippen molar-refractivity contribution >= 4 is 51.2 Å². The van der Waals surface area contributed by atoms with Gasteiger partial charge in [0.1, 0.15) is 0 Å². The fourth-order valence-corrected chi connectivity index (χ4v) is 8.30. The zero-order valence-corrected chi connectivity index (χ0v) is 34.8. The predicted octanol–water partition coefficient (Wildman–Crippen LogP) is 17.1. The van der Waals surface area contributed by atoms with Crippen LogP contribution in [0.25, 0.3) is 33.4 Å². The average molecular weight is 808 g/mol. The van der Waals surface area contributed by atoms with Crippen molar-refractivity contribution in [2.24, 2.45) is 0 Å². The fraction of sp³-hybridized carbons (Fsp3) is 0. The van der Waals surface area contributed by atoms with E-state index < -0.39 is 0 Å². The van der Waals surface area contributed by atoms with Gasteiger partial charge < -0.3 is 14.7 Å². The van der Waals surface area contributed by atoms with Gasteiger partial charge in [0.2, 0.25) is 0 Å². The predicted molar refractivity (Wildman–Crippen MR) is 267 cm³/mol. The Morgan fingerprint density at radius 1 is 0.127 bits per heavy atom. The largest absolute Gasteiger partial charge is 0.311 e. The summed E-state index contributed by atoms with van der Waals surface area (Å²) in [6.45, 7) is 0. The average Bonchev–Trinajstić information content (AvgIpc) is 3.37. The molecule has 0 aliphatic rings. The Balaban J connectivity index is 0.959. The summed E-state index contributed by atoms with van der Waals surface area (Å²) in [6, 6.07) is 97.1. The number of para-hydroxylation sites is 3. The molecule has 0 N–H and O–H groups in total. The number of hydrogen-bond acceptors (Lipinski definition) is 3. The molecule has 0 aliphatic carbocycles. The number of benzene rings is 10. The third-order valence-corrected chi connectivity index (χ3v) is 11.5. The molecule has 0 atom stereocenters. The maximum atomic E-state index is 2.33. The van der Waals surface area contributed by atoms with Gasteiger partial charge in [-0.3, -0.25) is 0 Å². The van der Waals surface area contributed by atoms with Crippen LogP contribution in [0.2, 0.25) is 0 Å². The standard InChI is InChI=1S/C60H45N3/c1-6-16-46(17-7-1)48-26-34-57(35-27-48)63(58-36-28-49(29-37-58)47-18-8-2-9-19-47)60-44-42-59(43-45-60)62(54-24-14-5-15-25-54)56-40-32-51(33-41-56)50-30-38-55(39-31-50)61(52-20-10-3-11-21-52)53-22-12-4-13-23-53/h1-45H. The summed E-state index contributed by atoms with van der Waals surface area (Å²) in [4.78, 5) is 6.94. The number of hydrogen-bond donors (Lipinski definition) is 0. The maximum Gasteiger partial charge on any atom is 0.0463 e. The summed E-state index contributed by atoms with van der Waals surface area (Å²) in [5.41, 5.74) is 17.0. The lowest BCUT2D eigenvalue weighted by molar-refractivity contribution is 1.26. The van der Waals surface area contributed by atoms with Crippen LogP contribution >= 0.6 is 0 Å².